The van der Waals surface area contributed by atoms with Crippen LogP contribution in [0.2, 0.25) is 0 Å². The molecule has 0 fully saturated rings. The average molecular weight is 275 g/mol. The standard InChI is InChI=1S/C11H8F3NS2/c12-11(13,14)8-3-4-10(15-6-8)17-7-9-2-1-5-16-9/h1-6H,7H2. The summed E-state index contributed by atoms with van der Waals surface area (Å²) in [5.41, 5.74) is -0.710. The predicted molar refractivity (Wildman–Crippen MR) is 63.1 cm³/mol. The number of alkyl halides is 3. The van der Waals surface area contributed by atoms with Gasteiger partial charge in [0.15, 0.2) is 0 Å². The van der Waals surface area contributed by atoms with Crippen LogP contribution in [0.15, 0.2) is 40.9 Å². The number of pyridine rings is 1. The summed E-state index contributed by atoms with van der Waals surface area (Å²) in [5, 5.41) is 2.57. The Labute approximate surface area is 105 Å². The van der Waals surface area contributed by atoms with Crippen molar-refractivity contribution in [2.24, 2.45) is 0 Å². The monoisotopic (exact) mass is 275 g/mol. The van der Waals surface area contributed by atoms with Crippen LogP contribution < -0.4 is 0 Å². The van der Waals surface area contributed by atoms with Gasteiger partial charge in [-0.05, 0) is 23.6 Å². The van der Waals surface area contributed by atoms with Crippen LogP contribution in [-0.4, -0.2) is 4.98 Å². The molecular formula is C11H8F3NS2. The van der Waals surface area contributed by atoms with Crippen molar-refractivity contribution in [2.45, 2.75) is 17.0 Å². The Morgan fingerprint density at radius 1 is 1.24 bits per heavy atom. The van der Waals surface area contributed by atoms with E-state index >= 15 is 0 Å². The summed E-state index contributed by atoms with van der Waals surface area (Å²) in [7, 11) is 0. The van der Waals surface area contributed by atoms with Gasteiger partial charge >= 0.3 is 6.18 Å². The van der Waals surface area contributed by atoms with E-state index in [0.29, 0.717) is 5.03 Å². The van der Waals surface area contributed by atoms with E-state index in [1.807, 2.05) is 17.5 Å². The molecule has 0 radical (unpaired) electrons. The van der Waals surface area contributed by atoms with Gasteiger partial charge in [0.25, 0.3) is 0 Å². The van der Waals surface area contributed by atoms with Gasteiger partial charge in [0.2, 0.25) is 0 Å². The smallest absolute Gasteiger partial charge is 0.249 e. The van der Waals surface area contributed by atoms with E-state index < -0.39 is 11.7 Å². The molecule has 0 aliphatic carbocycles. The summed E-state index contributed by atoms with van der Waals surface area (Å²) in [6.45, 7) is 0. The minimum atomic E-state index is -4.32. The average Bonchev–Trinajstić information content (AvgIpc) is 2.78. The number of hydrogen-bond acceptors (Lipinski definition) is 3. The molecule has 0 saturated heterocycles. The Balaban J connectivity index is 1.99. The first kappa shape index (κ1) is 12.4. The summed E-state index contributed by atoms with van der Waals surface area (Å²) in [5.74, 6) is 0.732. The number of halogens is 3. The Morgan fingerprint density at radius 3 is 2.59 bits per heavy atom. The van der Waals surface area contributed by atoms with E-state index in [9.17, 15) is 13.2 Å². The summed E-state index contributed by atoms with van der Waals surface area (Å²) >= 11 is 3.05. The quantitative estimate of drug-likeness (QED) is 0.767. The lowest BCUT2D eigenvalue weighted by molar-refractivity contribution is -0.137. The second kappa shape index (κ2) is 5.10. The number of thiophene rings is 1. The largest absolute Gasteiger partial charge is 0.417 e. The Morgan fingerprint density at radius 2 is 2.06 bits per heavy atom. The number of nitrogens with zero attached hydrogens (tertiary/aromatic N) is 1. The van der Waals surface area contributed by atoms with Crippen molar-refractivity contribution in [3.05, 3.63) is 46.3 Å². The summed E-state index contributed by atoms with van der Waals surface area (Å²) in [4.78, 5) is 4.97. The van der Waals surface area contributed by atoms with E-state index in [-0.39, 0.29) is 0 Å². The van der Waals surface area contributed by atoms with Gasteiger partial charge in [-0.1, -0.05) is 6.07 Å². The zero-order valence-electron chi connectivity index (χ0n) is 8.57. The van der Waals surface area contributed by atoms with Crippen molar-refractivity contribution in [3.63, 3.8) is 0 Å². The van der Waals surface area contributed by atoms with Gasteiger partial charge in [0.05, 0.1) is 10.6 Å². The number of aromatic nitrogens is 1. The first-order valence-electron chi connectivity index (χ1n) is 4.74. The van der Waals surface area contributed by atoms with Crippen LogP contribution in [0.5, 0.6) is 0 Å². The molecule has 2 aromatic heterocycles. The van der Waals surface area contributed by atoms with Gasteiger partial charge in [-0.3, -0.25) is 0 Å². The van der Waals surface area contributed by atoms with Crippen LogP contribution in [0.3, 0.4) is 0 Å². The van der Waals surface area contributed by atoms with Crippen molar-refractivity contribution >= 4 is 23.1 Å². The molecule has 0 unspecified atom stereocenters. The summed E-state index contributed by atoms with van der Waals surface area (Å²) in [6.07, 6.45) is -3.44. The maximum absolute atomic E-state index is 12.3. The highest BCUT2D eigenvalue weighted by atomic mass is 32.2. The second-order valence-corrected chi connectivity index (χ2v) is 5.28. The molecule has 0 saturated carbocycles. The molecule has 17 heavy (non-hydrogen) atoms. The molecule has 0 aliphatic heterocycles. The predicted octanol–water partition coefficient (Wildman–Crippen LogP) is 4.45. The zero-order chi connectivity index (χ0) is 12.3. The van der Waals surface area contributed by atoms with Gasteiger partial charge in [-0.15, -0.1) is 23.1 Å². The Bertz CT molecular complexity index is 462. The topological polar surface area (TPSA) is 12.9 Å². The zero-order valence-corrected chi connectivity index (χ0v) is 10.2. The van der Waals surface area contributed by atoms with Gasteiger partial charge < -0.3 is 0 Å². The fraction of sp³-hybridized carbons (Fsp3) is 0.182. The highest BCUT2D eigenvalue weighted by molar-refractivity contribution is 7.98. The van der Waals surface area contributed by atoms with Gasteiger partial charge in [-0.2, -0.15) is 13.2 Å². The molecule has 6 heteroatoms. The lowest BCUT2D eigenvalue weighted by Gasteiger charge is -2.06. The highest BCUT2D eigenvalue weighted by Gasteiger charge is 2.30. The van der Waals surface area contributed by atoms with Crippen LogP contribution in [0.1, 0.15) is 10.4 Å². The summed E-state index contributed by atoms with van der Waals surface area (Å²) in [6, 6.07) is 6.40. The van der Waals surface area contributed by atoms with Gasteiger partial charge in [-0.25, -0.2) is 4.98 Å². The van der Waals surface area contributed by atoms with Crippen molar-refractivity contribution in [1.82, 2.24) is 4.98 Å². The second-order valence-electron chi connectivity index (χ2n) is 3.25. The molecule has 0 aromatic carbocycles. The SMILES string of the molecule is FC(F)(F)c1ccc(SCc2cccs2)nc1. The third-order valence-electron chi connectivity index (χ3n) is 2.01. The molecule has 90 valence electrons. The first-order valence-corrected chi connectivity index (χ1v) is 6.60. The van der Waals surface area contributed by atoms with Crippen LogP contribution in [-0.2, 0) is 11.9 Å². The van der Waals surface area contributed by atoms with Crippen molar-refractivity contribution in [1.29, 1.82) is 0 Å². The number of thioether (sulfide) groups is 1. The Hall–Kier alpha value is -1.01. The Kier molecular flexibility index (Phi) is 3.73. The van der Waals surface area contributed by atoms with Gasteiger partial charge in [0.1, 0.15) is 0 Å². The highest BCUT2D eigenvalue weighted by Crippen LogP contribution is 2.30. The van der Waals surface area contributed by atoms with E-state index in [1.165, 1.54) is 22.7 Å². The fourth-order valence-electron chi connectivity index (χ4n) is 1.17. The van der Waals surface area contributed by atoms with E-state index in [4.69, 9.17) is 0 Å². The minimum absolute atomic E-state index is 0.603. The lowest BCUT2D eigenvalue weighted by Crippen LogP contribution is -2.05. The normalized spacial score (nSPS) is 11.7. The molecule has 2 aromatic rings. The van der Waals surface area contributed by atoms with Crippen LogP contribution in [0.25, 0.3) is 0 Å². The number of rotatable bonds is 3. The molecule has 0 aliphatic rings. The van der Waals surface area contributed by atoms with E-state index in [2.05, 4.69) is 4.98 Å². The summed E-state index contributed by atoms with van der Waals surface area (Å²) < 4.78 is 36.9. The maximum atomic E-state index is 12.3. The molecule has 0 spiro atoms. The first-order chi connectivity index (χ1) is 8.05. The third kappa shape index (κ3) is 3.47. The molecule has 0 atom stereocenters. The van der Waals surface area contributed by atoms with Crippen molar-refractivity contribution in [3.8, 4) is 0 Å². The maximum Gasteiger partial charge on any atom is 0.417 e. The molecule has 0 amide bonds. The molecule has 2 rings (SSSR count). The van der Waals surface area contributed by atoms with Crippen LogP contribution in [0, 0.1) is 0 Å². The van der Waals surface area contributed by atoms with Crippen molar-refractivity contribution < 1.29 is 13.2 Å². The third-order valence-corrected chi connectivity index (χ3v) is 4.06. The van der Waals surface area contributed by atoms with Crippen LogP contribution >= 0.6 is 23.1 Å². The molecule has 0 N–H and O–H groups in total. The number of hydrogen-bond donors (Lipinski definition) is 0. The lowest BCUT2D eigenvalue weighted by atomic mass is 10.3. The van der Waals surface area contributed by atoms with Crippen molar-refractivity contribution in [2.75, 3.05) is 0 Å². The van der Waals surface area contributed by atoms with E-state index in [1.54, 1.807) is 11.3 Å². The minimum Gasteiger partial charge on any atom is -0.249 e. The molecule has 1 nitrogen and oxygen atoms in total. The van der Waals surface area contributed by atoms with Gasteiger partial charge in [0, 0.05) is 16.8 Å². The molecule has 0 bridgehead atoms. The fourth-order valence-corrected chi connectivity index (χ4v) is 2.79. The van der Waals surface area contributed by atoms with E-state index in [0.717, 1.165) is 18.0 Å². The molecule has 2 heterocycles. The molecular weight excluding hydrogens is 267 g/mol. The van der Waals surface area contributed by atoms with Crippen LogP contribution in [0.4, 0.5) is 13.2 Å².